The van der Waals surface area contributed by atoms with Crippen molar-refractivity contribution in [1.29, 1.82) is 0 Å². The van der Waals surface area contributed by atoms with Crippen LogP contribution in [0.15, 0.2) is 0 Å². The number of rotatable bonds is 32. The molecule has 0 aliphatic heterocycles. The molecule has 0 aromatic rings. The van der Waals surface area contributed by atoms with E-state index < -0.39 is 67.2 Å². The third-order valence-electron chi connectivity index (χ3n) is 8.56. The van der Waals surface area contributed by atoms with Gasteiger partial charge in [-0.25, -0.2) is 19.2 Å². The summed E-state index contributed by atoms with van der Waals surface area (Å²) in [6.07, 6.45) is 3.79. The molecular formula is C36H74N2O16Si2. The van der Waals surface area contributed by atoms with Gasteiger partial charge in [0.25, 0.3) is 0 Å². The molecule has 0 rings (SSSR count). The lowest BCUT2D eigenvalue weighted by atomic mass is 10.3. The Morgan fingerprint density at radius 2 is 0.911 bits per heavy atom. The first kappa shape index (κ1) is 55.7. The van der Waals surface area contributed by atoms with Gasteiger partial charge in [0, 0.05) is 80.9 Å². The van der Waals surface area contributed by atoms with E-state index in [-0.39, 0.29) is 13.2 Å². The Balaban J connectivity index is 0. The Labute approximate surface area is 337 Å². The van der Waals surface area contributed by atoms with Gasteiger partial charge in [-0.15, -0.1) is 0 Å². The van der Waals surface area contributed by atoms with E-state index in [1.165, 1.54) is 4.90 Å². The standard InChI is InChI=1S/2C18H37NO8Si/c1-6-8-11-19(12-10-14-28(23-3,24-4)25-5)18(22)27-15-16(20)17(21)26-13-9-7-2;1-6-8-11-19(12-10-14-28(23-3,24-4)25-5)18(22)27-16(15-20)17(21)26-13-9-7-2/h2*16,20H,6-15H2,1-5H3. The highest BCUT2D eigenvalue weighted by molar-refractivity contribution is 6.60. The van der Waals surface area contributed by atoms with Crippen molar-refractivity contribution in [2.75, 3.05) is 95.3 Å². The number of carbonyl (C=O) groups is 4. The first-order valence-electron chi connectivity index (χ1n) is 19.6. The minimum Gasteiger partial charge on any atom is -0.464 e. The number of ether oxygens (including phenoxy) is 4. The first-order chi connectivity index (χ1) is 26.8. The maximum Gasteiger partial charge on any atom is 0.500 e. The molecule has 2 N–H and O–H groups in total. The largest absolute Gasteiger partial charge is 0.500 e. The van der Waals surface area contributed by atoms with Gasteiger partial charge in [0.2, 0.25) is 6.10 Å². The van der Waals surface area contributed by atoms with Gasteiger partial charge in [0.1, 0.15) is 6.61 Å². The summed E-state index contributed by atoms with van der Waals surface area (Å²) in [5.74, 6) is -1.51. The zero-order chi connectivity index (χ0) is 42.8. The van der Waals surface area contributed by atoms with Gasteiger partial charge in [0.15, 0.2) is 6.10 Å². The summed E-state index contributed by atoms with van der Waals surface area (Å²) < 4.78 is 52.5. The quantitative estimate of drug-likeness (QED) is 0.0417. The van der Waals surface area contributed by atoms with E-state index in [1.807, 2.05) is 27.7 Å². The molecule has 0 bridgehead atoms. The van der Waals surface area contributed by atoms with Crippen molar-refractivity contribution in [3.05, 3.63) is 0 Å². The van der Waals surface area contributed by atoms with E-state index in [0.717, 1.165) is 44.9 Å². The van der Waals surface area contributed by atoms with E-state index in [0.29, 0.717) is 57.5 Å². The predicted molar refractivity (Wildman–Crippen MR) is 212 cm³/mol. The predicted octanol–water partition coefficient (Wildman–Crippen LogP) is 4.40. The van der Waals surface area contributed by atoms with Crippen LogP contribution in [-0.4, -0.2) is 169 Å². The van der Waals surface area contributed by atoms with Crippen LogP contribution < -0.4 is 0 Å². The Morgan fingerprint density at radius 1 is 0.536 bits per heavy atom. The molecule has 0 aliphatic rings. The molecule has 0 saturated carbocycles. The van der Waals surface area contributed by atoms with Crippen molar-refractivity contribution < 1.29 is 74.9 Å². The summed E-state index contributed by atoms with van der Waals surface area (Å²) in [6, 6.07) is 1.09. The second-order valence-electron chi connectivity index (χ2n) is 12.7. The summed E-state index contributed by atoms with van der Waals surface area (Å²) in [4.78, 5) is 51.6. The van der Waals surface area contributed by atoms with Crippen LogP contribution in [-0.2, 0) is 55.1 Å². The van der Waals surface area contributed by atoms with Crippen molar-refractivity contribution >= 4 is 41.7 Å². The van der Waals surface area contributed by atoms with E-state index in [9.17, 15) is 29.4 Å². The first-order valence-corrected chi connectivity index (χ1v) is 23.5. The van der Waals surface area contributed by atoms with Crippen molar-refractivity contribution in [3.8, 4) is 0 Å². The van der Waals surface area contributed by atoms with Crippen LogP contribution in [0.1, 0.15) is 91.9 Å². The van der Waals surface area contributed by atoms with Crippen LogP contribution in [0.3, 0.4) is 0 Å². The molecule has 0 saturated heterocycles. The number of hydrogen-bond donors (Lipinski definition) is 2. The highest BCUT2D eigenvalue weighted by Crippen LogP contribution is 2.17. The Hall–Kier alpha value is -2.41. The van der Waals surface area contributed by atoms with Crippen LogP contribution in [0.5, 0.6) is 0 Å². The zero-order valence-electron chi connectivity index (χ0n) is 35.8. The van der Waals surface area contributed by atoms with E-state index in [1.54, 1.807) is 47.6 Å². The van der Waals surface area contributed by atoms with Gasteiger partial charge in [-0.1, -0.05) is 53.4 Å². The van der Waals surface area contributed by atoms with Gasteiger partial charge in [-0.05, 0) is 38.5 Å². The Kier molecular flexibility index (Phi) is 34.4. The lowest BCUT2D eigenvalue weighted by molar-refractivity contribution is -0.156. The average Bonchev–Trinajstić information content (AvgIpc) is 3.22. The molecule has 56 heavy (non-hydrogen) atoms. The smallest absolute Gasteiger partial charge is 0.464 e. The Morgan fingerprint density at radius 3 is 1.29 bits per heavy atom. The summed E-state index contributed by atoms with van der Waals surface area (Å²) in [5.41, 5.74) is 0. The van der Waals surface area contributed by atoms with Gasteiger partial charge in [-0.2, -0.15) is 0 Å². The fraction of sp³-hybridized carbons (Fsp3) is 0.889. The number of hydrogen-bond acceptors (Lipinski definition) is 16. The van der Waals surface area contributed by atoms with Crippen molar-refractivity contribution in [3.63, 3.8) is 0 Å². The molecule has 18 nitrogen and oxygen atoms in total. The monoisotopic (exact) mass is 846 g/mol. The Bertz CT molecular complexity index is 1010. The second-order valence-corrected chi connectivity index (χ2v) is 18.9. The highest BCUT2D eigenvalue weighted by atomic mass is 28.4. The number of carbonyl (C=O) groups excluding carboxylic acids is 4. The lowest BCUT2D eigenvalue weighted by Gasteiger charge is -2.27. The van der Waals surface area contributed by atoms with Gasteiger partial charge >= 0.3 is 41.7 Å². The molecule has 0 aliphatic carbocycles. The number of amides is 2. The normalized spacial score (nSPS) is 12.5. The molecule has 332 valence electrons. The average molecular weight is 847 g/mol. The van der Waals surface area contributed by atoms with Gasteiger partial charge in [0.05, 0.1) is 19.8 Å². The highest BCUT2D eigenvalue weighted by Gasteiger charge is 2.38. The zero-order valence-corrected chi connectivity index (χ0v) is 37.8. The third-order valence-corrected chi connectivity index (χ3v) is 14.2. The number of nitrogens with zero attached hydrogens (tertiary/aromatic N) is 2. The van der Waals surface area contributed by atoms with Crippen LogP contribution in [0.4, 0.5) is 9.59 Å². The fourth-order valence-corrected chi connectivity index (χ4v) is 8.27. The third kappa shape index (κ3) is 23.7. The molecule has 2 unspecified atom stereocenters. The molecule has 0 fully saturated rings. The van der Waals surface area contributed by atoms with Crippen molar-refractivity contribution in [2.45, 2.75) is 116 Å². The van der Waals surface area contributed by atoms with Gasteiger partial charge in [-0.3, -0.25) is 0 Å². The minimum absolute atomic E-state index is 0.237. The maximum absolute atomic E-state index is 12.5. The summed E-state index contributed by atoms with van der Waals surface area (Å²) in [7, 11) is 3.84. The fourth-order valence-electron chi connectivity index (χ4n) is 4.86. The molecule has 2 amide bonds. The number of unbranched alkanes of at least 4 members (excludes halogenated alkanes) is 4. The van der Waals surface area contributed by atoms with Crippen molar-refractivity contribution in [1.82, 2.24) is 9.80 Å². The molecule has 0 aromatic carbocycles. The van der Waals surface area contributed by atoms with E-state index >= 15 is 0 Å². The summed E-state index contributed by atoms with van der Waals surface area (Å²) in [6.45, 7) is 9.24. The molecule has 0 radical (unpaired) electrons. The second kappa shape index (κ2) is 34.6. The molecule has 0 aromatic heterocycles. The van der Waals surface area contributed by atoms with Crippen molar-refractivity contribution in [2.24, 2.45) is 0 Å². The van der Waals surface area contributed by atoms with Gasteiger partial charge < -0.3 is 65.5 Å². The van der Waals surface area contributed by atoms with Crippen LogP contribution in [0, 0.1) is 0 Å². The van der Waals surface area contributed by atoms with E-state index in [2.05, 4.69) is 0 Å². The maximum atomic E-state index is 12.5. The number of aliphatic hydroxyl groups is 2. The van der Waals surface area contributed by atoms with Crippen LogP contribution >= 0.6 is 0 Å². The molecule has 0 spiro atoms. The summed E-state index contributed by atoms with van der Waals surface area (Å²) >= 11 is 0. The number of esters is 2. The lowest BCUT2D eigenvalue weighted by Crippen LogP contribution is -2.44. The van der Waals surface area contributed by atoms with Crippen LogP contribution in [0.2, 0.25) is 12.1 Å². The SMILES string of the molecule is CCCCOC(=O)C(CO)OC(=O)N(CCCC)CCC[Si](OC)(OC)OC.CCCCOC(=O)C(O)COC(=O)N(CCCC)CCC[Si](OC)(OC)OC. The molecule has 0 heterocycles. The topological polar surface area (TPSA) is 208 Å². The number of aliphatic hydroxyl groups excluding tert-OH is 2. The molecule has 20 heteroatoms. The van der Waals surface area contributed by atoms with Crippen LogP contribution in [0.25, 0.3) is 0 Å². The molecule has 2 atom stereocenters. The minimum atomic E-state index is -2.72. The molecular weight excluding hydrogens is 773 g/mol. The van der Waals surface area contributed by atoms with E-state index in [4.69, 9.17) is 45.5 Å². The summed E-state index contributed by atoms with van der Waals surface area (Å²) in [5, 5.41) is 19.2.